The van der Waals surface area contributed by atoms with Crippen LogP contribution in [0.5, 0.6) is 0 Å². The van der Waals surface area contributed by atoms with E-state index in [-0.39, 0.29) is 10.5 Å². The Bertz CT molecular complexity index is 848. The van der Waals surface area contributed by atoms with E-state index in [1.807, 2.05) is 4.72 Å². The molecule has 108 valence electrons. The highest BCUT2D eigenvalue weighted by Crippen LogP contribution is 2.27. The number of nitrogens with one attached hydrogen (secondary N) is 1. The number of halogens is 3. The monoisotopic (exact) mass is 328 g/mol. The predicted octanol–water partition coefficient (Wildman–Crippen LogP) is 3.29. The van der Waals surface area contributed by atoms with Crippen LogP contribution in [0.4, 0.5) is 14.5 Å². The van der Waals surface area contributed by atoms with Crippen LogP contribution in [0.1, 0.15) is 5.56 Å². The average Bonchev–Trinajstić information content (AvgIpc) is 2.48. The zero-order valence-electron chi connectivity index (χ0n) is 10.3. The first-order valence-corrected chi connectivity index (χ1v) is 7.38. The van der Waals surface area contributed by atoms with E-state index in [4.69, 9.17) is 16.9 Å². The van der Waals surface area contributed by atoms with Gasteiger partial charge in [-0.2, -0.15) is 5.26 Å². The molecule has 0 unspecified atom stereocenters. The second kappa shape index (κ2) is 5.68. The van der Waals surface area contributed by atoms with E-state index in [1.165, 1.54) is 24.3 Å². The molecule has 2 rings (SSSR count). The SMILES string of the molecule is N#Cc1ccccc1S(=O)(=O)Nc1ccc(F)c(Cl)c1F. The molecule has 21 heavy (non-hydrogen) atoms. The van der Waals surface area contributed by atoms with E-state index in [0.29, 0.717) is 0 Å². The summed E-state index contributed by atoms with van der Waals surface area (Å²) in [6.07, 6.45) is 0. The zero-order valence-corrected chi connectivity index (χ0v) is 11.8. The summed E-state index contributed by atoms with van der Waals surface area (Å²) in [6.45, 7) is 0. The van der Waals surface area contributed by atoms with Crippen molar-refractivity contribution in [1.82, 2.24) is 0 Å². The first-order valence-electron chi connectivity index (χ1n) is 5.52. The molecule has 0 atom stereocenters. The van der Waals surface area contributed by atoms with Crippen LogP contribution in [0.15, 0.2) is 41.3 Å². The molecule has 0 bridgehead atoms. The van der Waals surface area contributed by atoms with Crippen molar-refractivity contribution in [2.24, 2.45) is 0 Å². The Hall–Kier alpha value is -2.17. The number of nitriles is 1. The van der Waals surface area contributed by atoms with Crippen LogP contribution in [0.25, 0.3) is 0 Å². The first kappa shape index (κ1) is 15.2. The number of hydrogen-bond acceptors (Lipinski definition) is 3. The van der Waals surface area contributed by atoms with E-state index in [9.17, 15) is 17.2 Å². The number of benzene rings is 2. The van der Waals surface area contributed by atoms with Gasteiger partial charge in [-0.1, -0.05) is 23.7 Å². The molecular formula is C13H7ClF2N2O2S. The third-order valence-corrected chi connectivity index (χ3v) is 4.35. The molecule has 8 heteroatoms. The Morgan fingerprint density at radius 1 is 1.14 bits per heavy atom. The summed E-state index contributed by atoms with van der Waals surface area (Å²) in [4.78, 5) is -0.313. The van der Waals surface area contributed by atoms with Crippen LogP contribution in [0.3, 0.4) is 0 Å². The van der Waals surface area contributed by atoms with Crippen molar-refractivity contribution in [3.63, 3.8) is 0 Å². The van der Waals surface area contributed by atoms with E-state index < -0.39 is 32.4 Å². The van der Waals surface area contributed by atoms with E-state index in [1.54, 1.807) is 6.07 Å². The van der Waals surface area contributed by atoms with Gasteiger partial charge in [0.25, 0.3) is 10.0 Å². The van der Waals surface area contributed by atoms with Crippen LogP contribution < -0.4 is 4.72 Å². The molecule has 0 amide bonds. The number of anilines is 1. The second-order valence-electron chi connectivity index (χ2n) is 3.94. The van der Waals surface area contributed by atoms with Gasteiger partial charge in [0, 0.05) is 0 Å². The molecule has 0 fully saturated rings. The highest BCUT2D eigenvalue weighted by molar-refractivity contribution is 7.92. The predicted molar refractivity (Wildman–Crippen MR) is 73.3 cm³/mol. The standard InChI is InChI=1S/C13H7ClF2N2O2S/c14-12-9(15)5-6-10(13(12)16)18-21(19,20)11-4-2-1-3-8(11)7-17/h1-6,18H. The molecule has 0 aromatic heterocycles. The van der Waals surface area contributed by atoms with Crippen molar-refractivity contribution in [2.75, 3.05) is 4.72 Å². The minimum atomic E-state index is -4.20. The number of rotatable bonds is 3. The van der Waals surface area contributed by atoms with Crippen molar-refractivity contribution in [2.45, 2.75) is 4.90 Å². The maximum atomic E-state index is 13.7. The Balaban J connectivity index is 2.48. The summed E-state index contributed by atoms with van der Waals surface area (Å²) in [6, 6.07) is 8.88. The highest BCUT2D eigenvalue weighted by Gasteiger charge is 2.21. The molecule has 0 radical (unpaired) electrons. The fraction of sp³-hybridized carbons (Fsp3) is 0. The smallest absolute Gasteiger partial charge is 0.263 e. The third kappa shape index (κ3) is 2.96. The van der Waals surface area contributed by atoms with Gasteiger partial charge < -0.3 is 0 Å². The Labute approximate surface area is 124 Å². The number of nitrogens with zero attached hydrogens (tertiary/aromatic N) is 1. The molecule has 0 aliphatic carbocycles. The van der Waals surface area contributed by atoms with E-state index >= 15 is 0 Å². The molecule has 2 aromatic carbocycles. The lowest BCUT2D eigenvalue weighted by Crippen LogP contribution is -2.15. The quantitative estimate of drug-likeness (QED) is 0.879. The molecule has 1 N–H and O–H groups in total. The Kier molecular flexibility index (Phi) is 4.11. The van der Waals surface area contributed by atoms with Crippen molar-refractivity contribution >= 4 is 27.3 Å². The summed E-state index contributed by atoms with van der Waals surface area (Å²) in [5, 5.41) is 8.08. The maximum Gasteiger partial charge on any atom is 0.263 e. The van der Waals surface area contributed by atoms with Gasteiger partial charge in [0.1, 0.15) is 21.8 Å². The van der Waals surface area contributed by atoms with Gasteiger partial charge in [0.2, 0.25) is 0 Å². The molecule has 0 aliphatic heterocycles. The molecule has 0 aliphatic rings. The van der Waals surface area contributed by atoms with Crippen LogP contribution in [0.2, 0.25) is 5.02 Å². The van der Waals surface area contributed by atoms with Crippen LogP contribution >= 0.6 is 11.6 Å². The topological polar surface area (TPSA) is 70.0 Å². The van der Waals surface area contributed by atoms with Gasteiger partial charge in [-0.3, -0.25) is 4.72 Å². The van der Waals surface area contributed by atoms with Gasteiger partial charge in [0.15, 0.2) is 5.82 Å². The Morgan fingerprint density at radius 3 is 2.48 bits per heavy atom. The van der Waals surface area contributed by atoms with Crippen LogP contribution in [-0.4, -0.2) is 8.42 Å². The lowest BCUT2D eigenvalue weighted by atomic mass is 10.2. The van der Waals surface area contributed by atoms with Gasteiger partial charge >= 0.3 is 0 Å². The lowest BCUT2D eigenvalue weighted by molar-refractivity contribution is 0.583. The maximum absolute atomic E-state index is 13.7. The first-order chi connectivity index (χ1) is 9.86. The largest absolute Gasteiger partial charge is 0.277 e. The zero-order chi connectivity index (χ0) is 15.6. The highest BCUT2D eigenvalue weighted by atomic mass is 35.5. The molecule has 0 saturated carbocycles. The van der Waals surface area contributed by atoms with Crippen molar-refractivity contribution < 1.29 is 17.2 Å². The van der Waals surface area contributed by atoms with Gasteiger partial charge in [-0.15, -0.1) is 0 Å². The number of hydrogen-bond donors (Lipinski definition) is 1. The molecular weight excluding hydrogens is 322 g/mol. The fourth-order valence-electron chi connectivity index (χ4n) is 1.60. The summed E-state index contributed by atoms with van der Waals surface area (Å²) in [5.74, 6) is -2.23. The summed E-state index contributed by atoms with van der Waals surface area (Å²) >= 11 is 5.38. The van der Waals surface area contributed by atoms with Crippen LogP contribution in [-0.2, 0) is 10.0 Å². The molecule has 2 aromatic rings. The molecule has 0 saturated heterocycles. The van der Waals surface area contributed by atoms with E-state index in [0.717, 1.165) is 12.1 Å². The fourth-order valence-corrected chi connectivity index (χ4v) is 2.98. The normalized spacial score (nSPS) is 11.0. The molecule has 4 nitrogen and oxygen atoms in total. The molecule has 0 spiro atoms. The third-order valence-electron chi connectivity index (χ3n) is 2.58. The summed E-state index contributed by atoms with van der Waals surface area (Å²) in [5.41, 5.74) is -0.604. The van der Waals surface area contributed by atoms with Gasteiger partial charge in [-0.05, 0) is 24.3 Å². The minimum Gasteiger partial charge on any atom is -0.277 e. The van der Waals surface area contributed by atoms with Crippen molar-refractivity contribution in [1.29, 1.82) is 5.26 Å². The number of sulfonamides is 1. The van der Waals surface area contributed by atoms with Crippen molar-refractivity contribution in [3.05, 3.63) is 58.6 Å². The van der Waals surface area contributed by atoms with Gasteiger partial charge in [0.05, 0.1) is 11.3 Å². The summed E-state index contributed by atoms with van der Waals surface area (Å²) in [7, 11) is -4.20. The second-order valence-corrected chi connectivity index (χ2v) is 5.97. The lowest BCUT2D eigenvalue weighted by Gasteiger charge is -2.10. The average molecular weight is 329 g/mol. The molecule has 0 heterocycles. The summed E-state index contributed by atoms with van der Waals surface area (Å²) < 4.78 is 53.0. The minimum absolute atomic E-state index is 0.0985. The van der Waals surface area contributed by atoms with E-state index in [2.05, 4.69) is 0 Å². The Morgan fingerprint density at radius 2 is 1.81 bits per heavy atom. The van der Waals surface area contributed by atoms with Crippen LogP contribution in [0, 0.1) is 23.0 Å². The van der Waals surface area contributed by atoms with Crippen molar-refractivity contribution in [3.8, 4) is 6.07 Å². The van der Waals surface area contributed by atoms with Gasteiger partial charge in [-0.25, -0.2) is 17.2 Å².